The maximum absolute atomic E-state index is 11.9. The van der Waals surface area contributed by atoms with Crippen LogP contribution in [0.4, 0.5) is 13.2 Å². The molecular weight excluding hydrogens is 287 g/mol. The molecule has 1 aliphatic rings. The minimum atomic E-state index is -4.64. The standard InChI is InChI=1S/C14H18F3NO3/c1-19-12-4-2-3-10(9-18-11-5-6-11)13(12)20-7-8-21-14(15,16)17/h2-4,11,18H,5-9H2,1H3. The van der Waals surface area contributed by atoms with Crippen molar-refractivity contribution in [2.45, 2.75) is 31.8 Å². The van der Waals surface area contributed by atoms with Crippen molar-refractivity contribution >= 4 is 0 Å². The van der Waals surface area contributed by atoms with Gasteiger partial charge in [-0.25, -0.2) is 0 Å². The van der Waals surface area contributed by atoms with E-state index in [1.165, 1.54) is 7.11 Å². The molecule has 1 aromatic rings. The molecule has 4 nitrogen and oxygen atoms in total. The predicted molar refractivity (Wildman–Crippen MR) is 70.4 cm³/mol. The first-order valence-electron chi connectivity index (χ1n) is 6.72. The molecule has 0 saturated heterocycles. The number of hydrogen-bond acceptors (Lipinski definition) is 4. The molecule has 1 aromatic carbocycles. The molecule has 0 bridgehead atoms. The summed E-state index contributed by atoms with van der Waals surface area (Å²) in [5.74, 6) is 0.955. The van der Waals surface area contributed by atoms with Crippen LogP contribution in [-0.2, 0) is 11.3 Å². The van der Waals surface area contributed by atoms with Crippen LogP contribution in [0.15, 0.2) is 18.2 Å². The van der Waals surface area contributed by atoms with Crippen LogP contribution >= 0.6 is 0 Å². The molecule has 0 amide bonds. The summed E-state index contributed by atoms with van der Waals surface area (Å²) in [5.41, 5.74) is 0.855. The van der Waals surface area contributed by atoms with Crippen LogP contribution in [0.25, 0.3) is 0 Å². The summed E-state index contributed by atoms with van der Waals surface area (Å²) >= 11 is 0. The van der Waals surface area contributed by atoms with Gasteiger partial charge in [0.05, 0.1) is 13.7 Å². The summed E-state index contributed by atoms with van der Waals surface area (Å²) in [7, 11) is 1.49. The maximum atomic E-state index is 11.9. The number of halogens is 3. The molecule has 1 saturated carbocycles. The Kier molecular flexibility index (Phi) is 5.30. The van der Waals surface area contributed by atoms with Crippen molar-refractivity contribution in [3.05, 3.63) is 23.8 Å². The molecule has 0 radical (unpaired) electrons. The lowest BCUT2D eigenvalue weighted by Crippen LogP contribution is -2.19. The Morgan fingerprint density at radius 3 is 2.62 bits per heavy atom. The summed E-state index contributed by atoms with van der Waals surface area (Å²) in [5, 5.41) is 3.33. The van der Waals surface area contributed by atoms with Crippen molar-refractivity contribution in [2.24, 2.45) is 0 Å². The van der Waals surface area contributed by atoms with E-state index >= 15 is 0 Å². The van der Waals surface area contributed by atoms with Crippen molar-refractivity contribution < 1.29 is 27.4 Å². The molecule has 1 aliphatic carbocycles. The van der Waals surface area contributed by atoms with Gasteiger partial charge in [0.15, 0.2) is 11.5 Å². The first-order chi connectivity index (χ1) is 9.99. The Bertz CT molecular complexity index is 461. The van der Waals surface area contributed by atoms with Gasteiger partial charge in [0.2, 0.25) is 0 Å². The van der Waals surface area contributed by atoms with Crippen LogP contribution in [-0.4, -0.2) is 32.7 Å². The third-order valence-electron chi connectivity index (χ3n) is 3.03. The fourth-order valence-corrected chi connectivity index (χ4v) is 1.87. The smallest absolute Gasteiger partial charge is 0.493 e. The second kappa shape index (κ2) is 7.00. The van der Waals surface area contributed by atoms with Crippen molar-refractivity contribution in [1.29, 1.82) is 0 Å². The highest BCUT2D eigenvalue weighted by atomic mass is 19.4. The average molecular weight is 305 g/mol. The van der Waals surface area contributed by atoms with Crippen LogP contribution in [0, 0.1) is 0 Å². The first-order valence-corrected chi connectivity index (χ1v) is 6.72. The summed E-state index contributed by atoms with van der Waals surface area (Å²) in [6, 6.07) is 5.91. The molecule has 7 heteroatoms. The number of nitrogens with one attached hydrogen (secondary N) is 1. The molecule has 0 unspecified atom stereocenters. The van der Waals surface area contributed by atoms with Gasteiger partial charge in [-0.1, -0.05) is 12.1 Å². The molecule has 0 atom stereocenters. The monoisotopic (exact) mass is 305 g/mol. The number of para-hydroxylation sites is 1. The molecule has 118 valence electrons. The zero-order valence-corrected chi connectivity index (χ0v) is 11.7. The van der Waals surface area contributed by atoms with E-state index in [9.17, 15) is 13.2 Å². The minimum absolute atomic E-state index is 0.198. The molecule has 1 N–H and O–H groups in total. The average Bonchev–Trinajstić information content (AvgIpc) is 3.24. The number of hydrogen-bond donors (Lipinski definition) is 1. The number of rotatable bonds is 8. The van der Waals surface area contributed by atoms with Crippen molar-refractivity contribution in [1.82, 2.24) is 5.32 Å². The second-order valence-corrected chi connectivity index (χ2v) is 4.75. The summed E-state index contributed by atoms with van der Waals surface area (Å²) in [4.78, 5) is 0. The van der Waals surface area contributed by atoms with Crippen molar-refractivity contribution in [3.63, 3.8) is 0 Å². The van der Waals surface area contributed by atoms with Crippen LogP contribution in [0.1, 0.15) is 18.4 Å². The van der Waals surface area contributed by atoms with Crippen molar-refractivity contribution in [2.75, 3.05) is 20.3 Å². The molecule has 21 heavy (non-hydrogen) atoms. The zero-order chi connectivity index (χ0) is 15.3. The number of methoxy groups -OCH3 is 1. The Morgan fingerprint density at radius 2 is 2.00 bits per heavy atom. The molecule has 2 rings (SSSR count). The highest BCUT2D eigenvalue weighted by Gasteiger charge is 2.28. The van der Waals surface area contributed by atoms with Gasteiger partial charge in [-0.05, 0) is 18.9 Å². The van der Waals surface area contributed by atoms with Gasteiger partial charge in [-0.2, -0.15) is 0 Å². The van der Waals surface area contributed by atoms with Crippen molar-refractivity contribution in [3.8, 4) is 11.5 Å². The van der Waals surface area contributed by atoms with Crippen LogP contribution in [0.5, 0.6) is 11.5 Å². The van der Waals surface area contributed by atoms with E-state index in [1.807, 2.05) is 12.1 Å². The second-order valence-electron chi connectivity index (χ2n) is 4.75. The topological polar surface area (TPSA) is 39.7 Å². The lowest BCUT2D eigenvalue weighted by molar-refractivity contribution is -0.325. The fraction of sp³-hybridized carbons (Fsp3) is 0.571. The molecule has 0 aromatic heterocycles. The molecule has 0 heterocycles. The van der Waals surface area contributed by atoms with Gasteiger partial charge in [-0.15, -0.1) is 13.2 Å². The SMILES string of the molecule is COc1cccc(CNC2CC2)c1OCCOC(F)(F)F. The van der Waals surface area contributed by atoms with Gasteiger partial charge in [-0.3, -0.25) is 4.74 Å². The van der Waals surface area contributed by atoms with E-state index < -0.39 is 13.0 Å². The summed E-state index contributed by atoms with van der Waals surface area (Å²) < 4.78 is 50.0. The maximum Gasteiger partial charge on any atom is 0.522 e. The quantitative estimate of drug-likeness (QED) is 0.750. The highest BCUT2D eigenvalue weighted by molar-refractivity contribution is 5.46. The normalized spacial score (nSPS) is 15.0. The van der Waals surface area contributed by atoms with E-state index in [-0.39, 0.29) is 6.61 Å². The van der Waals surface area contributed by atoms with Gasteiger partial charge in [0.1, 0.15) is 6.61 Å². The van der Waals surface area contributed by atoms with E-state index in [1.54, 1.807) is 6.07 Å². The lowest BCUT2D eigenvalue weighted by Gasteiger charge is -2.16. The number of alkyl halides is 3. The van der Waals surface area contributed by atoms with Gasteiger partial charge < -0.3 is 14.8 Å². The lowest BCUT2D eigenvalue weighted by atomic mass is 10.2. The van der Waals surface area contributed by atoms with Gasteiger partial charge in [0, 0.05) is 18.2 Å². The van der Waals surface area contributed by atoms with E-state index in [0.717, 1.165) is 18.4 Å². The van der Waals surface area contributed by atoms with Gasteiger partial charge >= 0.3 is 6.36 Å². The number of benzene rings is 1. The third kappa shape index (κ3) is 5.43. The zero-order valence-electron chi connectivity index (χ0n) is 11.7. The Balaban J connectivity index is 1.93. The first kappa shape index (κ1) is 15.9. The largest absolute Gasteiger partial charge is 0.522 e. The molecule has 0 aliphatic heterocycles. The highest BCUT2D eigenvalue weighted by Crippen LogP contribution is 2.32. The Morgan fingerprint density at radius 1 is 1.24 bits per heavy atom. The van der Waals surface area contributed by atoms with Crippen LogP contribution in [0.2, 0.25) is 0 Å². The Labute approximate surface area is 121 Å². The molecular formula is C14H18F3NO3. The minimum Gasteiger partial charge on any atom is -0.493 e. The van der Waals surface area contributed by atoms with E-state index in [4.69, 9.17) is 9.47 Å². The predicted octanol–water partition coefficient (Wildman–Crippen LogP) is 2.86. The number of ether oxygens (including phenoxy) is 3. The molecule has 0 spiro atoms. The third-order valence-corrected chi connectivity index (χ3v) is 3.03. The summed E-state index contributed by atoms with van der Waals surface area (Å²) in [6.07, 6.45) is -2.33. The van der Waals surface area contributed by atoms with Gasteiger partial charge in [0.25, 0.3) is 0 Å². The molecule has 1 fully saturated rings. The van der Waals surface area contributed by atoms with E-state index in [2.05, 4.69) is 10.1 Å². The Hall–Kier alpha value is -1.47. The fourth-order valence-electron chi connectivity index (χ4n) is 1.87. The van der Waals surface area contributed by atoms with Crippen LogP contribution < -0.4 is 14.8 Å². The van der Waals surface area contributed by atoms with E-state index in [0.29, 0.717) is 24.1 Å². The van der Waals surface area contributed by atoms with Crippen LogP contribution in [0.3, 0.4) is 0 Å². The summed E-state index contributed by atoms with van der Waals surface area (Å²) in [6.45, 7) is -0.162.